The molecule has 92 valence electrons. The lowest BCUT2D eigenvalue weighted by Gasteiger charge is -2.07. The quantitative estimate of drug-likeness (QED) is 0.619. The lowest BCUT2D eigenvalue weighted by molar-refractivity contribution is -0.116. The molecule has 0 heterocycles. The molecule has 0 aromatic heterocycles. The van der Waals surface area contributed by atoms with Gasteiger partial charge in [0.25, 0.3) is 0 Å². The molecule has 0 atom stereocenters. The van der Waals surface area contributed by atoms with E-state index in [0.717, 1.165) is 6.42 Å². The summed E-state index contributed by atoms with van der Waals surface area (Å²) in [5.41, 5.74) is 0.523. The number of ether oxygens (including phenoxy) is 1. The molecule has 0 spiro atoms. The van der Waals surface area contributed by atoms with Gasteiger partial charge in [-0.25, -0.2) is 4.79 Å². The molecule has 1 aromatic rings. The Bertz CT molecular complexity index is 429. The second-order valence-corrected chi connectivity index (χ2v) is 3.52. The second kappa shape index (κ2) is 5.89. The van der Waals surface area contributed by atoms with E-state index in [-0.39, 0.29) is 22.9 Å². The Hall–Kier alpha value is -2.04. The zero-order valence-electron chi connectivity index (χ0n) is 9.82. The Morgan fingerprint density at radius 3 is 2.65 bits per heavy atom. The largest absolute Gasteiger partial charge is 0.506 e. The van der Waals surface area contributed by atoms with Crippen molar-refractivity contribution in [2.75, 3.05) is 12.4 Å². The molecule has 0 aliphatic carbocycles. The van der Waals surface area contributed by atoms with Gasteiger partial charge in [-0.3, -0.25) is 4.79 Å². The third-order valence-corrected chi connectivity index (χ3v) is 2.17. The van der Waals surface area contributed by atoms with Crippen molar-refractivity contribution in [3.8, 4) is 5.75 Å². The maximum Gasteiger partial charge on any atom is 0.337 e. The Morgan fingerprint density at radius 1 is 1.41 bits per heavy atom. The number of phenolic OH excluding ortho intramolecular Hbond substituents is 1. The highest BCUT2D eigenvalue weighted by molar-refractivity contribution is 5.94. The average molecular weight is 237 g/mol. The van der Waals surface area contributed by atoms with Crippen LogP contribution < -0.4 is 5.32 Å². The van der Waals surface area contributed by atoms with E-state index in [4.69, 9.17) is 0 Å². The monoisotopic (exact) mass is 237 g/mol. The first-order valence-corrected chi connectivity index (χ1v) is 5.29. The van der Waals surface area contributed by atoms with Gasteiger partial charge in [0.05, 0.1) is 18.4 Å². The van der Waals surface area contributed by atoms with Crippen molar-refractivity contribution < 1.29 is 19.4 Å². The molecule has 17 heavy (non-hydrogen) atoms. The van der Waals surface area contributed by atoms with E-state index in [1.54, 1.807) is 0 Å². The van der Waals surface area contributed by atoms with Crippen molar-refractivity contribution in [3.05, 3.63) is 23.8 Å². The molecule has 0 bridgehead atoms. The first-order valence-electron chi connectivity index (χ1n) is 5.29. The number of nitrogens with one attached hydrogen (secondary N) is 1. The number of carbonyl (C=O) groups excluding carboxylic acids is 2. The molecule has 0 radical (unpaired) electrons. The van der Waals surface area contributed by atoms with E-state index in [9.17, 15) is 14.7 Å². The van der Waals surface area contributed by atoms with Crippen LogP contribution in [0.1, 0.15) is 30.1 Å². The van der Waals surface area contributed by atoms with Crippen LogP contribution in [0, 0.1) is 0 Å². The summed E-state index contributed by atoms with van der Waals surface area (Å²) in [6.45, 7) is 1.89. The highest BCUT2D eigenvalue weighted by Crippen LogP contribution is 2.24. The zero-order valence-corrected chi connectivity index (χ0v) is 9.82. The Balaban J connectivity index is 2.83. The molecule has 0 unspecified atom stereocenters. The first-order chi connectivity index (χ1) is 8.08. The fourth-order valence-electron chi connectivity index (χ4n) is 1.32. The highest BCUT2D eigenvalue weighted by atomic mass is 16.5. The number of carbonyl (C=O) groups is 2. The highest BCUT2D eigenvalue weighted by Gasteiger charge is 2.10. The fourth-order valence-corrected chi connectivity index (χ4v) is 1.32. The van der Waals surface area contributed by atoms with Gasteiger partial charge in [-0.1, -0.05) is 6.92 Å². The number of phenols is 1. The number of hydrogen-bond donors (Lipinski definition) is 2. The predicted molar refractivity (Wildman–Crippen MR) is 63.0 cm³/mol. The Morgan fingerprint density at radius 2 is 2.12 bits per heavy atom. The van der Waals surface area contributed by atoms with Gasteiger partial charge >= 0.3 is 5.97 Å². The van der Waals surface area contributed by atoms with E-state index >= 15 is 0 Å². The molecule has 0 saturated carbocycles. The van der Waals surface area contributed by atoms with Gasteiger partial charge in [-0.05, 0) is 24.6 Å². The molecule has 0 aliphatic rings. The maximum atomic E-state index is 11.3. The smallest absolute Gasteiger partial charge is 0.337 e. The second-order valence-electron chi connectivity index (χ2n) is 3.52. The number of amides is 1. The van der Waals surface area contributed by atoms with Crippen LogP contribution >= 0.6 is 0 Å². The number of esters is 1. The normalized spacial score (nSPS) is 9.76. The van der Waals surface area contributed by atoms with Crippen LogP contribution in [0.4, 0.5) is 5.69 Å². The molecule has 1 rings (SSSR count). The fraction of sp³-hybridized carbons (Fsp3) is 0.333. The maximum absolute atomic E-state index is 11.3. The third kappa shape index (κ3) is 3.48. The van der Waals surface area contributed by atoms with E-state index in [1.165, 1.54) is 25.3 Å². The van der Waals surface area contributed by atoms with Gasteiger partial charge in [-0.2, -0.15) is 0 Å². The molecule has 5 nitrogen and oxygen atoms in total. The number of hydrogen-bond acceptors (Lipinski definition) is 4. The average Bonchev–Trinajstić information content (AvgIpc) is 2.31. The van der Waals surface area contributed by atoms with Crippen molar-refractivity contribution in [3.63, 3.8) is 0 Å². The Labute approximate surface area is 99.4 Å². The van der Waals surface area contributed by atoms with Gasteiger partial charge in [0.1, 0.15) is 5.75 Å². The van der Waals surface area contributed by atoms with Gasteiger partial charge in [-0.15, -0.1) is 0 Å². The van der Waals surface area contributed by atoms with Gasteiger partial charge < -0.3 is 15.2 Å². The molecule has 0 saturated heterocycles. The SMILES string of the molecule is CCCC(=O)Nc1ccc(C(=O)OC)cc1O. The van der Waals surface area contributed by atoms with E-state index < -0.39 is 5.97 Å². The molecule has 0 fully saturated rings. The molecule has 1 amide bonds. The molecule has 1 aromatic carbocycles. The Kier molecular flexibility index (Phi) is 4.51. The summed E-state index contributed by atoms with van der Waals surface area (Å²) in [5.74, 6) is -0.863. The van der Waals surface area contributed by atoms with Crippen molar-refractivity contribution in [2.24, 2.45) is 0 Å². The van der Waals surface area contributed by atoms with Crippen LogP contribution in [0.2, 0.25) is 0 Å². The number of benzene rings is 1. The summed E-state index contributed by atoms with van der Waals surface area (Å²) >= 11 is 0. The van der Waals surface area contributed by atoms with Crippen molar-refractivity contribution in [2.45, 2.75) is 19.8 Å². The summed E-state index contributed by atoms with van der Waals surface area (Å²) in [6, 6.07) is 4.20. The zero-order chi connectivity index (χ0) is 12.8. The molecule has 5 heteroatoms. The summed E-state index contributed by atoms with van der Waals surface area (Å²) in [6.07, 6.45) is 1.12. The summed E-state index contributed by atoms with van der Waals surface area (Å²) in [7, 11) is 1.26. The topological polar surface area (TPSA) is 75.6 Å². The van der Waals surface area contributed by atoms with Crippen molar-refractivity contribution >= 4 is 17.6 Å². The van der Waals surface area contributed by atoms with E-state index in [1.807, 2.05) is 6.92 Å². The van der Waals surface area contributed by atoms with Crippen LogP contribution in [-0.4, -0.2) is 24.1 Å². The number of anilines is 1. The molecule has 2 N–H and O–H groups in total. The molecular formula is C12H15NO4. The third-order valence-electron chi connectivity index (χ3n) is 2.17. The number of methoxy groups -OCH3 is 1. The number of aromatic hydroxyl groups is 1. The van der Waals surface area contributed by atoms with Crippen LogP contribution in [0.25, 0.3) is 0 Å². The van der Waals surface area contributed by atoms with Gasteiger partial charge in [0.2, 0.25) is 5.91 Å². The van der Waals surface area contributed by atoms with Crippen LogP contribution in [0.5, 0.6) is 5.75 Å². The number of rotatable bonds is 4. The summed E-state index contributed by atoms with van der Waals surface area (Å²) < 4.78 is 4.51. The van der Waals surface area contributed by atoms with E-state index in [2.05, 4.69) is 10.1 Å². The van der Waals surface area contributed by atoms with Gasteiger partial charge in [0.15, 0.2) is 0 Å². The van der Waals surface area contributed by atoms with E-state index in [0.29, 0.717) is 6.42 Å². The van der Waals surface area contributed by atoms with Crippen LogP contribution in [0.3, 0.4) is 0 Å². The standard InChI is InChI=1S/C12H15NO4/c1-3-4-11(15)13-9-6-5-8(7-10(9)14)12(16)17-2/h5-7,14H,3-4H2,1-2H3,(H,13,15). The lowest BCUT2D eigenvalue weighted by Crippen LogP contribution is -2.11. The summed E-state index contributed by atoms with van der Waals surface area (Å²) in [4.78, 5) is 22.5. The predicted octanol–water partition coefficient (Wildman–Crippen LogP) is 1.92. The van der Waals surface area contributed by atoms with Crippen LogP contribution in [-0.2, 0) is 9.53 Å². The summed E-state index contributed by atoms with van der Waals surface area (Å²) in [5, 5.41) is 12.2. The van der Waals surface area contributed by atoms with Crippen molar-refractivity contribution in [1.29, 1.82) is 0 Å². The molecular weight excluding hydrogens is 222 g/mol. The first kappa shape index (κ1) is 13.0. The lowest BCUT2D eigenvalue weighted by atomic mass is 10.2. The minimum absolute atomic E-state index is 0.155. The molecule has 0 aliphatic heterocycles. The van der Waals surface area contributed by atoms with Gasteiger partial charge in [0, 0.05) is 6.42 Å². The van der Waals surface area contributed by atoms with Crippen molar-refractivity contribution in [1.82, 2.24) is 0 Å². The minimum Gasteiger partial charge on any atom is -0.506 e. The van der Waals surface area contributed by atoms with Crippen LogP contribution in [0.15, 0.2) is 18.2 Å². The minimum atomic E-state index is -0.535.